The van der Waals surface area contributed by atoms with Crippen LogP contribution in [0, 0.1) is 0 Å². The Balaban J connectivity index is 1.41. The van der Waals surface area contributed by atoms with E-state index >= 15 is 0 Å². The zero-order valence-electron chi connectivity index (χ0n) is 16.2. The maximum absolute atomic E-state index is 12.8. The third kappa shape index (κ3) is 4.65. The Morgan fingerprint density at radius 3 is 2.93 bits per heavy atom. The van der Waals surface area contributed by atoms with Crippen LogP contribution in [0.25, 0.3) is 11.1 Å². The summed E-state index contributed by atoms with van der Waals surface area (Å²) in [5.41, 5.74) is 9.36. The molecular formula is C21H23BrN6O. The van der Waals surface area contributed by atoms with Crippen LogP contribution in [0.15, 0.2) is 53.4 Å². The van der Waals surface area contributed by atoms with E-state index in [-0.39, 0.29) is 17.8 Å². The van der Waals surface area contributed by atoms with Crippen LogP contribution >= 0.6 is 15.9 Å². The van der Waals surface area contributed by atoms with Crippen molar-refractivity contribution < 1.29 is 4.79 Å². The third-order valence-corrected chi connectivity index (χ3v) is 5.60. The number of nitrogens with zero attached hydrogens (tertiary/aromatic N) is 4. The highest BCUT2D eigenvalue weighted by molar-refractivity contribution is 9.10. The molecule has 0 spiro atoms. The maximum Gasteiger partial charge on any atom is 0.255 e. The molecule has 0 bridgehead atoms. The molecule has 1 fully saturated rings. The molecule has 1 aromatic carbocycles. The Hall–Kier alpha value is -2.71. The van der Waals surface area contributed by atoms with Gasteiger partial charge < -0.3 is 11.1 Å². The first kappa shape index (κ1) is 19.6. The highest BCUT2D eigenvalue weighted by Crippen LogP contribution is 2.22. The number of aryl methyl sites for hydroxylation is 1. The number of hydrogen-bond donors (Lipinski definition) is 2. The molecule has 1 amide bonds. The molecule has 1 aliphatic heterocycles. The average molecular weight is 455 g/mol. The van der Waals surface area contributed by atoms with Gasteiger partial charge in [-0.3, -0.25) is 14.4 Å². The fraction of sp³-hybridized carbons (Fsp3) is 0.286. The molecule has 1 unspecified atom stereocenters. The summed E-state index contributed by atoms with van der Waals surface area (Å²) in [4.78, 5) is 19.4. The first-order valence-corrected chi connectivity index (χ1v) is 10.3. The van der Waals surface area contributed by atoms with Gasteiger partial charge in [0.1, 0.15) is 5.82 Å². The number of pyridine rings is 1. The zero-order valence-corrected chi connectivity index (χ0v) is 17.8. The Kier molecular flexibility index (Phi) is 5.64. The van der Waals surface area contributed by atoms with Crippen LogP contribution in [0.5, 0.6) is 0 Å². The van der Waals surface area contributed by atoms with Crippen molar-refractivity contribution in [1.82, 2.24) is 25.0 Å². The number of rotatable bonds is 5. The molecule has 3 heterocycles. The highest BCUT2D eigenvalue weighted by Gasteiger charge is 2.25. The zero-order chi connectivity index (χ0) is 20.4. The molecule has 2 aromatic heterocycles. The summed E-state index contributed by atoms with van der Waals surface area (Å²) in [6.07, 6.45) is 6.20. The molecule has 0 saturated carbocycles. The van der Waals surface area contributed by atoms with Gasteiger partial charge in [0.2, 0.25) is 0 Å². The van der Waals surface area contributed by atoms with Crippen LogP contribution < -0.4 is 11.1 Å². The highest BCUT2D eigenvalue weighted by atomic mass is 79.9. The molecule has 0 aliphatic carbocycles. The molecule has 1 saturated heterocycles. The molecule has 29 heavy (non-hydrogen) atoms. The van der Waals surface area contributed by atoms with Gasteiger partial charge >= 0.3 is 0 Å². The number of carbonyl (C=O) groups excluding carboxylic acids is 1. The fourth-order valence-corrected chi connectivity index (χ4v) is 4.08. The minimum atomic E-state index is -0.185. The first-order chi connectivity index (χ1) is 14.0. The minimum absolute atomic E-state index is 0.0936. The van der Waals surface area contributed by atoms with Crippen molar-refractivity contribution in [1.29, 1.82) is 0 Å². The van der Waals surface area contributed by atoms with E-state index in [1.807, 2.05) is 25.4 Å². The second kappa shape index (κ2) is 8.34. The molecule has 1 atom stereocenters. The van der Waals surface area contributed by atoms with Crippen LogP contribution in [0.4, 0.5) is 5.82 Å². The van der Waals surface area contributed by atoms with Crippen molar-refractivity contribution >= 4 is 27.7 Å². The number of carbonyl (C=O) groups is 1. The number of amides is 1. The van der Waals surface area contributed by atoms with E-state index in [1.54, 1.807) is 23.1 Å². The Bertz CT molecular complexity index is 1030. The number of nitrogens with one attached hydrogen (secondary N) is 1. The number of aromatic nitrogens is 3. The molecule has 8 heteroatoms. The molecule has 150 valence electrons. The number of hydrogen-bond acceptors (Lipinski definition) is 5. The minimum Gasteiger partial charge on any atom is -0.383 e. The number of nitrogens with two attached hydrogens (primary N) is 1. The van der Waals surface area contributed by atoms with Gasteiger partial charge in [0, 0.05) is 60.7 Å². The largest absolute Gasteiger partial charge is 0.383 e. The third-order valence-electron chi connectivity index (χ3n) is 5.10. The van der Waals surface area contributed by atoms with Crippen LogP contribution in [0.2, 0.25) is 0 Å². The molecule has 0 radical (unpaired) electrons. The summed E-state index contributed by atoms with van der Waals surface area (Å²) >= 11 is 3.51. The van der Waals surface area contributed by atoms with Gasteiger partial charge in [-0.2, -0.15) is 5.10 Å². The van der Waals surface area contributed by atoms with Crippen LogP contribution in [0.3, 0.4) is 0 Å². The Morgan fingerprint density at radius 2 is 2.17 bits per heavy atom. The first-order valence-electron chi connectivity index (χ1n) is 9.50. The quantitative estimate of drug-likeness (QED) is 0.618. The van der Waals surface area contributed by atoms with E-state index in [1.165, 1.54) is 5.56 Å². The fourth-order valence-electron chi connectivity index (χ4n) is 3.64. The summed E-state index contributed by atoms with van der Waals surface area (Å²) in [6, 6.07) is 10.2. The summed E-state index contributed by atoms with van der Waals surface area (Å²) in [6.45, 7) is 2.63. The predicted molar refractivity (Wildman–Crippen MR) is 116 cm³/mol. The van der Waals surface area contributed by atoms with Gasteiger partial charge in [0.25, 0.3) is 5.91 Å². The van der Waals surface area contributed by atoms with Crippen LogP contribution in [-0.4, -0.2) is 44.7 Å². The maximum atomic E-state index is 12.8. The van der Waals surface area contributed by atoms with Crippen molar-refractivity contribution in [2.45, 2.75) is 19.0 Å². The summed E-state index contributed by atoms with van der Waals surface area (Å²) in [5.74, 6) is 0.0502. The van der Waals surface area contributed by atoms with Crippen molar-refractivity contribution in [2.75, 3.05) is 18.8 Å². The SMILES string of the molecule is Cn1cc(-c2cnc(N)c(C(=O)NC3CCN(Cc4cccc(Br)c4)C3)c2)cn1. The van der Waals surface area contributed by atoms with Crippen LogP contribution in [-0.2, 0) is 13.6 Å². The van der Waals surface area contributed by atoms with E-state index < -0.39 is 0 Å². The number of nitrogen functional groups attached to an aromatic ring is 1. The van der Waals surface area contributed by atoms with Gasteiger partial charge in [-0.1, -0.05) is 28.1 Å². The van der Waals surface area contributed by atoms with Crippen molar-refractivity contribution in [3.05, 3.63) is 64.5 Å². The lowest BCUT2D eigenvalue weighted by atomic mass is 10.1. The predicted octanol–water partition coefficient (Wildman–Crippen LogP) is 2.83. The molecule has 4 rings (SSSR count). The Labute approximate surface area is 178 Å². The van der Waals surface area contributed by atoms with Gasteiger partial charge in [-0.25, -0.2) is 4.98 Å². The van der Waals surface area contributed by atoms with Gasteiger partial charge in [0.05, 0.1) is 11.8 Å². The van der Waals surface area contributed by atoms with Crippen molar-refractivity contribution in [3.63, 3.8) is 0 Å². The molecule has 1 aliphatic rings. The monoisotopic (exact) mass is 454 g/mol. The van der Waals surface area contributed by atoms with Gasteiger partial charge in [0.15, 0.2) is 0 Å². The second-order valence-corrected chi connectivity index (χ2v) is 8.30. The summed E-state index contributed by atoms with van der Waals surface area (Å²) in [7, 11) is 1.85. The number of anilines is 1. The number of halogens is 1. The van der Waals surface area contributed by atoms with Crippen LogP contribution in [0.1, 0.15) is 22.3 Å². The van der Waals surface area contributed by atoms with Gasteiger partial charge in [-0.05, 0) is 30.2 Å². The molecule has 3 aromatic rings. The van der Waals surface area contributed by atoms with Gasteiger partial charge in [-0.15, -0.1) is 0 Å². The van der Waals surface area contributed by atoms with Crippen molar-refractivity contribution in [2.24, 2.45) is 7.05 Å². The normalized spacial score (nSPS) is 16.8. The summed E-state index contributed by atoms with van der Waals surface area (Å²) < 4.78 is 2.79. The van der Waals surface area contributed by atoms with Crippen molar-refractivity contribution in [3.8, 4) is 11.1 Å². The lowest BCUT2D eigenvalue weighted by Crippen LogP contribution is -2.37. The number of likely N-dealkylation sites (tertiary alicyclic amines) is 1. The lowest BCUT2D eigenvalue weighted by molar-refractivity contribution is 0.0938. The second-order valence-electron chi connectivity index (χ2n) is 7.38. The van der Waals surface area contributed by atoms with E-state index in [4.69, 9.17) is 5.73 Å². The van der Waals surface area contributed by atoms with E-state index in [9.17, 15) is 4.79 Å². The number of benzene rings is 1. The Morgan fingerprint density at radius 1 is 1.31 bits per heavy atom. The molecule has 3 N–H and O–H groups in total. The molecular weight excluding hydrogens is 432 g/mol. The molecule has 7 nitrogen and oxygen atoms in total. The summed E-state index contributed by atoms with van der Waals surface area (Å²) in [5, 5.41) is 7.29. The van der Waals surface area contributed by atoms with E-state index in [2.05, 4.69) is 48.4 Å². The smallest absolute Gasteiger partial charge is 0.255 e. The average Bonchev–Trinajstić information content (AvgIpc) is 3.31. The topological polar surface area (TPSA) is 89.1 Å². The van der Waals surface area contributed by atoms with E-state index in [0.29, 0.717) is 5.56 Å². The lowest BCUT2D eigenvalue weighted by Gasteiger charge is -2.17. The van der Waals surface area contributed by atoms with E-state index in [0.717, 1.165) is 41.7 Å². The standard InChI is InChI=1S/C21H23BrN6O/c1-27-12-16(10-25-27)15-8-19(20(23)24-9-15)21(29)26-18-5-6-28(13-18)11-14-3-2-4-17(22)7-14/h2-4,7-10,12,18H,5-6,11,13H2,1H3,(H2,23,24)(H,26,29).